The van der Waals surface area contributed by atoms with Crippen LogP contribution in [0.1, 0.15) is 6.42 Å². The Morgan fingerprint density at radius 1 is 1.00 bits per heavy atom. The van der Waals surface area contributed by atoms with Crippen molar-refractivity contribution in [2.75, 3.05) is 23.7 Å². The van der Waals surface area contributed by atoms with Gasteiger partial charge in [-0.15, -0.1) is 0 Å². The van der Waals surface area contributed by atoms with Crippen LogP contribution in [0.25, 0.3) is 0 Å². The Kier molecular flexibility index (Phi) is 5.33. The standard InChI is InChI=1S/C14H17N5O/c20-14(19-12-6-2-1-3-7-12)18-11-5-10-17-13-15-8-4-9-16-13/h1-4,6-9H,5,10-11H2,(H,15,16,17)(H2,18,19,20). The first-order valence-electron chi connectivity index (χ1n) is 6.45. The minimum atomic E-state index is -0.202. The molecule has 6 heteroatoms. The van der Waals surface area contributed by atoms with Gasteiger partial charge in [-0.25, -0.2) is 14.8 Å². The maximum absolute atomic E-state index is 11.6. The van der Waals surface area contributed by atoms with Crippen LogP contribution in [0.2, 0.25) is 0 Å². The van der Waals surface area contributed by atoms with E-state index in [2.05, 4.69) is 25.9 Å². The minimum absolute atomic E-state index is 0.202. The maximum atomic E-state index is 11.6. The summed E-state index contributed by atoms with van der Waals surface area (Å²) in [4.78, 5) is 19.7. The average molecular weight is 271 g/mol. The zero-order valence-corrected chi connectivity index (χ0v) is 11.0. The van der Waals surface area contributed by atoms with Crippen LogP contribution in [0, 0.1) is 0 Å². The monoisotopic (exact) mass is 271 g/mol. The fourth-order valence-electron chi connectivity index (χ4n) is 1.58. The van der Waals surface area contributed by atoms with E-state index < -0.39 is 0 Å². The van der Waals surface area contributed by atoms with Crippen LogP contribution in [0.3, 0.4) is 0 Å². The molecule has 1 aromatic carbocycles. The van der Waals surface area contributed by atoms with Gasteiger partial charge in [0.05, 0.1) is 0 Å². The Morgan fingerprint density at radius 3 is 2.50 bits per heavy atom. The molecule has 6 nitrogen and oxygen atoms in total. The Bertz CT molecular complexity index is 518. The number of rotatable bonds is 6. The predicted molar refractivity (Wildman–Crippen MR) is 78.6 cm³/mol. The van der Waals surface area contributed by atoms with Crippen molar-refractivity contribution >= 4 is 17.7 Å². The summed E-state index contributed by atoms with van der Waals surface area (Å²) in [6.45, 7) is 1.29. The molecule has 0 radical (unpaired) electrons. The van der Waals surface area contributed by atoms with Crippen molar-refractivity contribution in [1.29, 1.82) is 0 Å². The van der Waals surface area contributed by atoms with Crippen molar-refractivity contribution < 1.29 is 4.79 Å². The maximum Gasteiger partial charge on any atom is 0.319 e. The van der Waals surface area contributed by atoms with Gasteiger partial charge >= 0.3 is 6.03 Å². The number of nitrogens with one attached hydrogen (secondary N) is 3. The van der Waals surface area contributed by atoms with E-state index in [4.69, 9.17) is 0 Å². The van der Waals surface area contributed by atoms with Gasteiger partial charge in [0.15, 0.2) is 0 Å². The summed E-state index contributed by atoms with van der Waals surface area (Å²) in [7, 11) is 0. The van der Waals surface area contributed by atoms with E-state index >= 15 is 0 Å². The molecule has 20 heavy (non-hydrogen) atoms. The molecular weight excluding hydrogens is 254 g/mol. The van der Waals surface area contributed by atoms with Gasteiger partial charge in [0, 0.05) is 31.2 Å². The molecule has 0 saturated heterocycles. The first-order valence-corrected chi connectivity index (χ1v) is 6.45. The van der Waals surface area contributed by atoms with E-state index in [1.807, 2.05) is 30.3 Å². The molecule has 2 amide bonds. The number of aromatic nitrogens is 2. The lowest BCUT2D eigenvalue weighted by atomic mass is 10.3. The van der Waals surface area contributed by atoms with Gasteiger partial charge in [-0.2, -0.15) is 0 Å². The second kappa shape index (κ2) is 7.73. The van der Waals surface area contributed by atoms with Crippen molar-refractivity contribution in [3.05, 3.63) is 48.8 Å². The van der Waals surface area contributed by atoms with Gasteiger partial charge in [0.1, 0.15) is 0 Å². The van der Waals surface area contributed by atoms with Crippen LogP contribution < -0.4 is 16.0 Å². The highest BCUT2D eigenvalue weighted by molar-refractivity contribution is 5.89. The summed E-state index contributed by atoms with van der Waals surface area (Å²) in [5.41, 5.74) is 0.779. The Balaban J connectivity index is 1.58. The molecule has 0 aliphatic rings. The molecule has 1 aromatic heterocycles. The van der Waals surface area contributed by atoms with Crippen molar-refractivity contribution in [1.82, 2.24) is 15.3 Å². The zero-order valence-electron chi connectivity index (χ0n) is 11.0. The number of urea groups is 1. The molecule has 104 valence electrons. The fraction of sp³-hybridized carbons (Fsp3) is 0.214. The predicted octanol–water partition coefficient (Wildman–Crippen LogP) is 2.10. The van der Waals surface area contributed by atoms with Crippen LogP contribution in [0.5, 0.6) is 0 Å². The number of amides is 2. The molecule has 0 aliphatic carbocycles. The summed E-state index contributed by atoms with van der Waals surface area (Å²) in [5, 5.41) is 8.62. The fourth-order valence-corrected chi connectivity index (χ4v) is 1.58. The molecule has 0 aliphatic heterocycles. The van der Waals surface area contributed by atoms with Crippen LogP contribution in [-0.4, -0.2) is 29.1 Å². The first-order chi connectivity index (χ1) is 9.84. The Labute approximate surface area is 117 Å². The number of anilines is 2. The van der Waals surface area contributed by atoms with E-state index in [1.54, 1.807) is 18.5 Å². The molecule has 0 fully saturated rings. The van der Waals surface area contributed by atoms with E-state index in [9.17, 15) is 4.79 Å². The van der Waals surface area contributed by atoms with Crippen molar-refractivity contribution in [2.45, 2.75) is 6.42 Å². The number of carbonyl (C=O) groups excluding carboxylic acids is 1. The third-order valence-electron chi connectivity index (χ3n) is 2.52. The molecule has 2 aromatic rings. The van der Waals surface area contributed by atoms with Crippen LogP contribution in [-0.2, 0) is 0 Å². The van der Waals surface area contributed by atoms with Crippen LogP contribution in [0.4, 0.5) is 16.4 Å². The summed E-state index contributed by atoms with van der Waals surface area (Å²) in [6, 6.07) is 10.9. The Hall–Kier alpha value is -2.63. The highest BCUT2D eigenvalue weighted by atomic mass is 16.2. The lowest BCUT2D eigenvalue weighted by Crippen LogP contribution is -2.30. The van der Waals surface area contributed by atoms with Gasteiger partial charge in [-0.05, 0) is 24.6 Å². The minimum Gasteiger partial charge on any atom is -0.354 e. The lowest BCUT2D eigenvalue weighted by Gasteiger charge is -2.08. The molecule has 0 atom stereocenters. The third-order valence-corrected chi connectivity index (χ3v) is 2.52. The summed E-state index contributed by atoms with van der Waals surface area (Å²) >= 11 is 0. The molecule has 2 rings (SSSR count). The number of hydrogen-bond acceptors (Lipinski definition) is 4. The number of nitrogens with zero attached hydrogens (tertiary/aromatic N) is 2. The van der Waals surface area contributed by atoms with Crippen LogP contribution in [0.15, 0.2) is 48.8 Å². The van der Waals surface area contributed by atoms with Gasteiger partial charge in [0.2, 0.25) is 5.95 Å². The van der Waals surface area contributed by atoms with E-state index in [0.717, 1.165) is 12.1 Å². The number of benzene rings is 1. The van der Waals surface area contributed by atoms with Crippen molar-refractivity contribution in [3.63, 3.8) is 0 Å². The van der Waals surface area contributed by atoms with Crippen LogP contribution >= 0.6 is 0 Å². The third kappa shape index (κ3) is 4.93. The van der Waals surface area contributed by atoms with Gasteiger partial charge in [0.25, 0.3) is 0 Å². The van der Waals surface area contributed by atoms with Crippen molar-refractivity contribution in [2.24, 2.45) is 0 Å². The molecular formula is C14H17N5O. The number of hydrogen-bond donors (Lipinski definition) is 3. The normalized spacial score (nSPS) is 9.80. The van der Waals surface area contributed by atoms with Gasteiger partial charge < -0.3 is 16.0 Å². The first kappa shape index (κ1) is 13.8. The highest BCUT2D eigenvalue weighted by Crippen LogP contribution is 2.03. The summed E-state index contributed by atoms with van der Waals surface area (Å²) in [6.07, 6.45) is 4.16. The Morgan fingerprint density at radius 2 is 1.75 bits per heavy atom. The quantitative estimate of drug-likeness (QED) is 0.703. The second-order valence-corrected chi connectivity index (χ2v) is 4.10. The van der Waals surface area contributed by atoms with E-state index in [1.165, 1.54) is 0 Å². The van der Waals surface area contributed by atoms with Gasteiger partial charge in [-0.3, -0.25) is 0 Å². The molecule has 0 unspecified atom stereocenters. The molecule has 0 spiro atoms. The molecule has 3 N–H and O–H groups in total. The average Bonchev–Trinajstić information content (AvgIpc) is 2.49. The number of carbonyl (C=O) groups is 1. The lowest BCUT2D eigenvalue weighted by molar-refractivity contribution is 0.252. The smallest absolute Gasteiger partial charge is 0.319 e. The number of para-hydroxylation sites is 1. The summed E-state index contributed by atoms with van der Waals surface area (Å²) in [5.74, 6) is 0.598. The topological polar surface area (TPSA) is 78.9 Å². The van der Waals surface area contributed by atoms with E-state index in [0.29, 0.717) is 19.0 Å². The van der Waals surface area contributed by atoms with Gasteiger partial charge in [-0.1, -0.05) is 18.2 Å². The molecule has 0 saturated carbocycles. The largest absolute Gasteiger partial charge is 0.354 e. The zero-order chi connectivity index (χ0) is 14.0. The van der Waals surface area contributed by atoms with E-state index in [-0.39, 0.29) is 6.03 Å². The second-order valence-electron chi connectivity index (χ2n) is 4.10. The summed E-state index contributed by atoms with van der Waals surface area (Å²) < 4.78 is 0. The molecule has 0 bridgehead atoms. The highest BCUT2D eigenvalue weighted by Gasteiger charge is 1.99. The SMILES string of the molecule is O=C(NCCCNc1ncccn1)Nc1ccccc1. The van der Waals surface area contributed by atoms with Crippen molar-refractivity contribution in [3.8, 4) is 0 Å². The molecule has 1 heterocycles.